The van der Waals surface area contributed by atoms with Crippen LogP contribution in [0.5, 0.6) is 0 Å². The van der Waals surface area contributed by atoms with Gasteiger partial charge in [-0.25, -0.2) is 0 Å². The van der Waals surface area contributed by atoms with Crippen LogP contribution in [0, 0.1) is 5.92 Å². The Labute approximate surface area is 124 Å². The Hall–Kier alpha value is -0.160. The van der Waals surface area contributed by atoms with Crippen LogP contribution in [0.3, 0.4) is 0 Å². The van der Waals surface area contributed by atoms with Crippen LogP contribution in [0.4, 0.5) is 0 Å². The minimum absolute atomic E-state index is 0.227. The molecule has 2 fully saturated rings. The highest BCUT2D eigenvalue weighted by atomic mass is 16.3. The van der Waals surface area contributed by atoms with Crippen molar-refractivity contribution in [1.82, 2.24) is 15.1 Å². The van der Waals surface area contributed by atoms with Crippen LogP contribution in [0.2, 0.25) is 0 Å². The third kappa shape index (κ3) is 5.32. The highest BCUT2D eigenvalue weighted by Crippen LogP contribution is 2.20. The van der Waals surface area contributed by atoms with Crippen molar-refractivity contribution < 1.29 is 5.11 Å². The number of nitrogens with zero attached hydrogens (tertiary/aromatic N) is 2. The third-order valence-electron chi connectivity index (χ3n) is 4.69. The van der Waals surface area contributed by atoms with Crippen LogP contribution in [0.25, 0.3) is 0 Å². The largest absolute Gasteiger partial charge is 0.395 e. The summed E-state index contributed by atoms with van der Waals surface area (Å²) in [6.07, 6.45) is 5.46. The average molecular weight is 283 g/mol. The first-order valence-corrected chi connectivity index (χ1v) is 8.49. The fourth-order valence-electron chi connectivity index (χ4n) is 3.63. The lowest BCUT2D eigenvalue weighted by atomic mass is 9.96. The number of nitrogens with one attached hydrogen (secondary N) is 1. The second-order valence-electron chi connectivity index (χ2n) is 6.95. The molecule has 2 rings (SSSR count). The van der Waals surface area contributed by atoms with Crippen molar-refractivity contribution in [3.05, 3.63) is 0 Å². The summed E-state index contributed by atoms with van der Waals surface area (Å²) in [5.41, 5.74) is 0. The summed E-state index contributed by atoms with van der Waals surface area (Å²) in [5, 5.41) is 12.9. The molecule has 0 saturated carbocycles. The minimum atomic E-state index is 0.227. The first-order valence-electron chi connectivity index (χ1n) is 8.49. The molecule has 20 heavy (non-hydrogen) atoms. The molecule has 0 bridgehead atoms. The number of aliphatic hydroxyl groups excluding tert-OH is 1. The van der Waals surface area contributed by atoms with Gasteiger partial charge in [0, 0.05) is 25.2 Å². The average Bonchev–Trinajstić information content (AvgIpc) is 2.92. The Morgan fingerprint density at radius 3 is 2.25 bits per heavy atom. The van der Waals surface area contributed by atoms with E-state index >= 15 is 0 Å². The van der Waals surface area contributed by atoms with Crippen LogP contribution in [-0.4, -0.2) is 72.9 Å². The Bertz CT molecular complexity index is 258. The summed E-state index contributed by atoms with van der Waals surface area (Å²) < 4.78 is 0. The SMILES string of the molecule is CC(C)NC(CO)CN1CCC(CN2CCCC2)CC1. The molecule has 2 saturated heterocycles. The van der Waals surface area contributed by atoms with Crippen molar-refractivity contribution in [2.75, 3.05) is 45.9 Å². The Kier molecular flexibility index (Phi) is 6.75. The zero-order valence-electron chi connectivity index (χ0n) is 13.4. The molecular formula is C16H33N3O. The number of hydrogen-bond acceptors (Lipinski definition) is 4. The standard InChI is InChI=1S/C16H33N3O/c1-14(2)17-16(13-20)12-19-9-5-15(6-10-19)11-18-7-3-4-8-18/h14-17,20H,3-13H2,1-2H3. The van der Waals surface area contributed by atoms with Gasteiger partial charge < -0.3 is 20.2 Å². The highest BCUT2D eigenvalue weighted by Gasteiger charge is 2.24. The smallest absolute Gasteiger partial charge is 0.0597 e. The van der Waals surface area contributed by atoms with E-state index in [1.54, 1.807) is 0 Å². The molecular weight excluding hydrogens is 250 g/mol. The van der Waals surface area contributed by atoms with Crippen molar-refractivity contribution in [2.24, 2.45) is 5.92 Å². The van der Waals surface area contributed by atoms with E-state index in [1.165, 1.54) is 58.4 Å². The second kappa shape index (κ2) is 8.32. The molecule has 0 aromatic carbocycles. The van der Waals surface area contributed by atoms with Gasteiger partial charge in [-0.1, -0.05) is 13.8 Å². The van der Waals surface area contributed by atoms with Gasteiger partial charge in [0.2, 0.25) is 0 Å². The van der Waals surface area contributed by atoms with Gasteiger partial charge in [0.05, 0.1) is 6.61 Å². The van der Waals surface area contributed by atoms with E-state index in [1.807, 2.05) is 0 Å². The summed E-state index contributed by atoms with van der Waals surface area (Å²) in [6.45, 7) is 11.9. The van der Waals surface area contributed by atoms with Crippen molar-refractivity contribution in [3.8, 4) is 0 Å². The molecule has 0 amide bonds. The molecule has 0 radical (unpaired) electrons. The van der Waals surface area contributed by atoms with Crippen molar-refractivity contribution in [1.29, 1.82) is 0 Å². The lowest BCUT2D eigenvalue weighted by molar-refractivity contribution is 0.124. The number of rotatable bonds is 7. The normalized spacial score (nSPS) is 24.6. The Morgan fingerprint density at radius 1 is 1.05 bits per heavy atom. The fourth-order valence-corrected chi connectivity index (χ4v) is 3.63. The van der Waals surface area contributed by atoms with Crippen molar-refractivity contribution in [2.45, 2.75) is 51.6 Å². The predicted octanol–water partition coefficient (Wildman–Crippen LogP) is 1.15. The Morgan fingerprint density at radius 2 is 1.70 bits per heavy atom. The zero-order valence-corrected chi connectivity index (χ0v) is 13.4. The van der Waals surface area contributed by atoms with E-state index < -0.39 is 0 Å². The van der Waals surface area contributed by atoms with E-state index in [0.717, 1.165) is 12.5 Å². The summed E-state index contributed by atoms with van der Waals surface area (Å²) in [6, 6.07) is 0.671. The molecule has 2 aliphatic heterocycles. The van der Waals surface area contributed by atoms with Gasteiger partial charge in [0.1, 0.15) is 0 Å². The number of likely N-dealkylation sites (tertiary alicyclic amines) is 2. The highest BCUT2D eigenvalue weighted by molar-refractivity contribution is 4.80. The minimum Gasteiger partial charge on any atom is -0.395 e. The molecule has 4 nitrogen and oxygen atoms in total. The first kappa shape index (κ1) is 16.2. The zero-order chi connectivity index (χ0) is 14.4. The van der Waals surface area contributed by atoms with Crippen LogP contribution < -0.4 is 5.32 Å². The molecule has 118 valence electrons. The monoisotopic (exact) mass is 283 g/mol. The van der Waals surface area contributed by atoms with E-state index in [2.05, 4.69) is 29.0 Å². The van der Waals surface area contributed by atoms with Gasteiger partial charge in [-0.3, -0.25) is 0 Å². The number of aliphatic hydroxyl groups is 1. The molecule has 0 aliphatic carbocycles. The van der Waals surface area contributed by atoms with E-state index in [9.17, 15) is 5.11 Å². The third-order valence-corrected chi connectivity index (χ3v) is 4.69. The summed E-state index contributed by atoms with van der Waals surface area (Å²) in [7, 11) is 0. The lowest BCUT2D eigenvalue weighted by Crippen LogP contribution is -2.48. The van der Waals surface area contributed by atoms with E-state index in [0.29, 0.717) is 6.04 Å². The quantitative estimate of drug-likeness (QED) is 0.735. The van der Waals surface area contributed by atoms with Gasteiger partial charge in [-0.05, 0) is 57.8 Å². The maximum Gasteiger partial charge on any atom is 0.0597 e. The van der Waals surface area contributed by atoms with Gasteiger partial charge in [0.15, 0.2) is 0 Å². The molecule has 1 atom stereocenters. The van der Waals surface area contributed by atoms with Crippen LogP contribution >= 0.6 is 0 Å². The van der Waals surface area contributed by atoms with Gasteiger partial charge in [-0.15, -0.1) is 0 Å². The van der Waals surface area contributed by atoms with E-state index in [4.69, 9.17) is 0 Å². The van der Waals surface area contributed by atoms with Gasteiger partial charge >= 0.3 is 0 Å². The molecule has 1 unspecified atom stereocenters. The van der Waals surface area contributed by atoms with Crippen molar-refractivity contribution in [3.63, 3.8) is 0 Å². The maximum absolute atomic E-state index is 9.45. The number of hydrogen-bond donors (Lipinski definition) is 2. The summed E-state index contributed by atoms with van der Waals surface area (Å²) in [5.74, 6) is 0.898. The van der Waals surface area contributed by atoms with Crippen LogP contribution in [-0.2, 0) is 0 Å². The first-order chi connectivity index (χ1) is 9.67. The number of piperidine rings is 1. The maximum atomic E-state index is 9.45. The summed E-state index contributed by atoms with van der Waals surface area (Å²) >= 11 is 0. The molecule has 2 heterocycles. The van der Waals surface area contributed by atoms with E-state index in [-0.39, 0.29) is 12.6 Å². The molecule has 0 aromatic rings. The van der Waals surface area contributed by atoms with Crippen LogP contribution in [0.15, 0.2) is 0 Å². The van der Waals surface area contributed by atoms with Gasteiger partial charge in [-0.2, -0.15) is 0 Å². The molecule has 2 aliphatic rings. The van der Waals surface area contributed by atoms with Crippen LogP contribution in [0.1, 0.15) is 39.5 Å². The molecule has 2 N–H and O–H groups in total. The Balaban J connectivity index is 1.65. The molecule has 4 heteroatoms. The molecule has 0 aromatic heterocycles. The van der Waals surface area contributed by atoms with Crippen molar-refractivity contribution >= 4 is 0 Å². The fraction of sp³-hybridized carbons (Fsp3) is 1.00. The van der Waals surface area contributed by atoms with Gasteiger partial charge in [0.25, 0.3) is 0 Å². The lowest BCUT2D eigenvalue weighted by Gasteiger charge is -2.35. The predicted molar refractivity (Wildman–Crippen MR) is 84.0 cm³/mol. The second-order valence-corrected chi connectivity index (χ2v) is 6.95. The summed E-state index contributed by atoms with van der Waals surface area (Å²) in [4.78, 5) is 5.17. The topological polar surface area (TPSA) is 38.7 Å². The molecule has 0 spiro atoms.